The van der Waals surface area contributed by atoms with Crippen LogP contribution >= 0.6 is 0 Å². The number of hydrogen-bond donors (Lipinski definition) is 4. The van der Waals surface area contributed by atoms with E-state index in [0.29, 0.717) is 30.4 Å². The summed E-state index contributed by atoms with van der Waals surface area (Å²) in [4.78, 5) is 62.9. The SMILES string of the molecule is O=C(CNC(=O)c1cc2ccccc2o1)NC(C[C@@H]1CCCNC1=O)C(=O)C(=O)NCc1ccc(F)c(F)c1. The number of amides is 4. The Bertz CT molecular complexity index is 1390. The van der Waals surface area contributed by atoms with Gasteiger partial charge < -0.3 is 25.7 Å². The number of fused-ring (bicyclic) bond motifs is 1. The maximum absolute atomic E-state index is 13.4. The first-order chi connectivity index (χ1) is 18.7. The lowest BCUT2D eigenvalue weighted by Crippen LogP contribution is -2.52. The average molecular weight is 541 g/mol. The van der Waals surface area contributed by atoms with Crippen molar-refractivity contribution in [2.75, 3.05) is 13.1 Å². The van der Waals surface area contributed by atoms with E-state index in [1.165, 1.54) is 12.1 Å². The van der Waals surface area contributed by atoms with Crippen LogP contribution in [0.2, 0.25) is 0 Å². The van der Waals surface area contributed by atoms with Gasteiger partial charge in [0.15, 0.2) is 17.4 Å². The molecule has 4 rings (SSSR count). The smallest absolute Gasteiger partial charge is 0.289 e. The molecule has 1 unspecified atom stereocenters. The van der Waals surface area contributed by atoms with Crippen LogP contribution in [0.15, 0.2) is 52.9 Å². The number of benzene rings is 2. The second-order valence-electron chi connectivity index (χ2n) is 9.11. The molecule has 4 N–H and O–H groups in total. The number of Topliss-reactive ketones (excluding diaryl/α,β-unsaturated/α-hetero) is 1. The monoisotopic (exact) mass is 540 g/mol. The average Bonchev–Trinajstić information content (AvgIpc) is 3.37. The molecule has 204 valence electrons. The third-order valence-corrected chi connectivity index (χ3v) is 6.29. The Morgan fingerprint density at radius 2 is 1.82 bits per heavy atom. The van der Waals surface area contributed by atoms with Crippen LogP contribution in [0.4, 0.5) is 8.78 Å². The van der Waals surface area contributed by atoms with Crippen molar-refractivity contribution in [3.8, 4) is 0 Å². The summed E-state index contributed by atoms with van der Waals surface area (Å²) < 4.78 is 32.1. The van der Waals surface area contributed by atoms with Gasteiger partial charge in [0.05, 0.1) is 12.6 Å². The Hall–Kier alpha value is -4.61. The molecule has 10 nitrogen and oxygen atoms in total. The number of furan rings is 1. The van der Waals surface area contributed by atoms with Gasteiger partial charge in [0.2, 0.25) is 17.6 Å². The molecule has 1 saturated heterocycles. The Morgan fingerprint density at radius 3 is 2.56 bits per heavy atom. The quantitative estimate of drug-likeness (QED) is 0.288. The molecule has 2 aromatic carbocycles. The molecule has 0 radical (unpaired) electrons. The van der Waals surface area contributed by atoms with Crippen LogP contribution in [0, 0.1) is 17.6 Å². The Labute approximate surface area is 221 Å². The van der Waals surface area contributed by atoms with E-state index in [0.717, 1.165) is 12.1 Å². The minimum atomic E-state index is -1.36. The first-order valence-electron chi connectivity index (χ1n) is 12.3. The molecule has 0 bridgehead atoms. The lowest BCUT2D eigenvalue weighted by molar-refractivity contribution is -0.141. The second kappa shape index (κ2) is 12.3. The zero-order valence-corrected chi connectivity index (χ0v) is 20.7. The van der Waals surface area contributed by atoms with Crippen molar-refractivity contribution in [1.29, 1.82) is 0 Å². The van der Waals surface area contributed by atoms with Crippen LogP contribution in [0.1, 0.15) is 35.4 Å². The zero-order chi connectivity index (χ0) is 27.9. The number of halogens is 2. The third kappa shape index (κ3) is 7.03. The van der Waals surface area contributed by atoms with Crippen molar-refractivity contribution in [1.82, 2.24) is 21.3 Å². The largest absolute Gasteiger partial charge is 0.451 e. The van der Waals surface area contributed by atoms with Crippen LogP contribution < -0.4 is 21.3 Å². The van der Waals surface area contributed by atoms with Crippen LogP contribution in [-0.4, -0.2) is 48.5 Å². The van der Waals surface area contributed by atoms with Crippen molar-refractivity contribution in [2.24, 2.45) is 5.92 Å². The minimum absolute atomic E-state index is 0.00730. The molecule has 1 fully saturated rings. The lowest BCUT2D eigenvalue weighted by Gasteiger charge is -2.26. The van der Waals surface area contributed by atoms with E-state index in [-0.39, 0.29) is 30.2 Å². The van der Waals surface area contributed by atoms with Gasteiger partial charge in [-0.1, -0.05) is 24.3 Å². The normalized spacial score (nSPS) is 15.7. The molecule has 2 heterocycles. The van der Waals surface area contributed by atoms with Gasteiger partial charge in [0.1, 0.15) is 5.58 Å². The Kier molecular flexibility index (Phi) is 8.64. The highest BCUT2D eigenvalue weighted by Gasteiger charge is 2.33. The predicted octanol–water partition coefficient (Wildman–Crippen LogP) is 1.73. The first kappa shape index (κ1) is 27.4. The van der Waals surface area contributed by atoms with Gasteiger partial charge in [0, 0.05) is 24.4 Å². The maximum atomic E-state index is 13.4. The van der Waals surface area contributed by atoms with Crippen molar-refractivity contribution in [2.45, 2.75) is 31.8 Å². The standard InChI is InChI=1S/C27H26F2N4O6/c28-18-8-7-15(10-19(18)29)13-31-27(38)24(35)20(11-17-5-3-9-30-25(17)36)33-23(34)14-32-26(37)22-12-16-4-1-2-6-21(16)39-22/h1-2,4,6-8,10,12,17,20H,3,5,9,11,13-14H2,(H,30,36)(H,31,38)(H,32,37)(H,33,34)/t17-,20?/m0/s1. The predicted molar refractivity (Wildman–Crippen MR) is 134 cm³/mol. The highest BCUT2D eigenvalue weighted by molar-refractivity contribution is 6.38. The molecule has 1 aliphatic heterocycles. The number of ketones is 1. The van der Waals surface area contributed by atoms with Gasteiger partial charge >= 0.3 is 0 Å². The van der Waals surface area contributed by atoms with E-state index < -0.39 is 53.6 Å². The molecule has 39 heavy (non-hydrogen) atoms. The fraction of sp³-hybridized carbons (Fsp3) is 0.296. The van der Waals surface area contributed by atoms with Gasteiger partial charge in [-0.25, -0.2) is 8.78 Å². The molecule has 2 atom stereocenters. The van der Waals surface area contributed by atoms with Gasteiger partial charge in [-0.3, -0.25) is 24.0 Å². The van der Waals surface area contributed by atoms with Crippen molar-refractivity contribution in [3.05, 3.63) is 71.5 Å². The molecule has 0 saturated carbocycles. The molecule has 0 aliphatic carbocycles. The van der Waals surface area contributed by atoms with Crippen molar-refractivity contribution >= 4 is 40.4 Å². The summed E-state index contributed by atoms with van der Waals surface area (Å²) in [5.74, 6) is -6.59. The molecule has 1 aliphatic rings. The van der Waals surface area contributed by atoms with Crippen LogP contribution in [0.3, 0.4) is 0 Å². The molecule has 3 aromatic rings. The highest BCUT2D eigenvalue weighted by Crippen LogP contribution is 2.19. The summed E-state index contributed by atoms with van der Waals surface area (Å²) in [6, 6.07) is 10.2. The fourth-order valence-corrected chi connectivity index (χ4v) is 4.24. The molecular formula is C27H26F2N4O6. The summed E-state index contributed by atoms with van der Waals surface area (Å²) in [5, 5.41) is 10.5. The molecule has 4 amide bonds. The van der Waals surface area contributed by atoms with E-state index in [9.17, 15) is 32.8 Å². The van der Waals surface area contributed by atoms with Gasteiger partial charge in [0.25, 0.3) is 11.8 Å². The summed E-state index contributed by atoms with van der Waals surface area (Å²) in [5.41, 5.74) is 0.716. The van der Waals surface area contributed by atoms with E-state index in [1.54, 1.807) is 24.3 Å². The number of nitrogens with one attached hydrogen (secondary N) is 4. The Balaban J connectivity index is 1.38. The number of carbonyl (C=O) groups is 5. The van der Waals surface area contributed by atoms with E-state index in [2.05, 4.69) is 21.3 Å². The van der Waals surface area contributed by atoms with Gasteiger partial charge in [-0.2, -0.15) is 0 Å². The number of hydrogen-bond acceptors (Lipinski definition) is 6. The van der Waals surface area contributed by atoms with Gasteiger partial charge in [-0.15, -0.1) is 0 Å². The summed E-state index contributed by atoms with van der Waals surface area (Å²) in [6.45, 7) is -0.296. The minimum Gasteiger partial charge on any atom is -0.451 e. The summed E-state index contributed by atoms with van der Waals surface area (Å²) in [7, 11) is 0. The van der Waals surface area contributed by atoms with Crippen molar-refractivity contribution < 1.29 is 37.2 Å². The third-order valence-electron chi connectivity index (χ3n) is 6.29. The number of para-hydroxylation sites is 1. The highest BCUT2D eigenvalue weighted by atomic mass is 19.2. The lowest BCUT2D eigenvalue weighted by atomic mass is 9.90. The molecular weight excluding hydrogens is 514 g/mol. The summed E-state index contributed by atoms with van der Waals surface area (Å²) >= 11 is 0. The molecule has 0 spiro atoms. The van der Waals surface area contributed by atoms with E-state index in [1.807, 2.05) is 0 Å². The number of carbonyl (C=O) groups excluding carboxylic acids is 5. The number of piperidine rings is 1. The fourth-order valence-electron chi connectivity index (χ4n) is 4.24. The molecule has 12 heteroatoms. The van der Waals surface area contributed by atoms with Crippen LogP contribution in [-0.2, 0) is 25.7 Å². The Morgan fingerprint density at radius 1 is 1.03 bits per heavy atom. The van der Waals surface area contributed by atoms with Gasteiger partial charge in [-0.05, 0) is 49.1 Å². The molecule has 1 aromatic heterocycles. The number of rotatable bonds is 10. The topological polar surface area (TPSA) is 147 Å². The van der Waals surface area contributed by atoms with E-state index in [4.69, 9.17) is 4.42 Å². The second-order valence-corrected chi connectivity index (χ2v) is 9.11. The van der Waals surface area contributed by atoms with Crippen molar-refractivity contribution in [3.63, 3.8) is 0 Å². The van der Waals surface area contributed by atoms with Crippen LogP contribution in [0.25, 0.3) is 11.0 Å². The van der Waals surface area contributed by atoms with E-state index >= 15 is 0 Å². The maximum Gasteiger partial charge on any atom is 0.289 e. The van der Waals surface area contributed by atoms with Crippen LogP contribution in [0.5, 0.6) is 0 Å². The first-order valence-corrected chi connectivity index (χ1v) is 12.3. The summed E-state index contributed by atoms with van der Waals surface area (Å²) in [6.07, 6.45) is 0.998. The zero-order valence-electron chi connectivity index (χ0n) is 20.7.